The number of rotatable bonds is 2. The van der Waals surface area contributed by atoms with Crippen LogP contribution in [0.2, 0.25) is 0 Å². The molecule has 6 nitrogen and oxygen atoms in total. The van der Waals surface area contributed by atoms with E-state index in [0.29, 0.717) is 12.6 Å². The van der Waals surface area contributed by atoms with Crippen LogP contribution in [0.4, 0.5) is 0 Å². The number of carbonyl (C=O) groups is 1. The first kappa shape index (κ1) is 11.6. The quantitative estimate of drug-likeness (QED) is 0.826. The fourth-order valence-corrected chi connectivity index (χ4v) is 2.81. The van der Waals surface area contributed by atoms with Gasteiger partial charge in [0.1, 0.15) is 6.04 Å². The van der Waals surface area contributed by atoms with Crippen LogP contribution < -0.4 is 0 Å². The zero-order chi connectivity index (χ0) is 13.7. The van der Waals surface area contributed by atoms with Gasteiger partial charge in [-0.1, -0.05) is 0 Å². The van der Waals surface area contributed by atoms with Crippen molar-refractivity contribution in [2.75, 3.05) is 0 Å². The summed E-state index contributed by atoms with van der Waals surface area (Å²) in [5, 5.41) is 8.53. The fraction of sp³-hybridized carbons (Fsp3) is 0.429. The van der Waals surface area contributed by atoms with Crippen LogP contribution in [-0.4, -0.2) is 36.6 Å². The lowest BCUT2D eigenvalue weighted by atomic mass is 10.2. The van der Waals surface area contributed by atoms with Crippen LogP contribution in [0, 0.1) is 0 Å². The van der Waals surface area contributed by atoms with Gasteiger partial charge in [-0.3, -0.25) is 14.3 Å². The lowest BCUT2D eigenvalue weighted by Crippen LogP contribution is -2.43. The number of pyridine rings is 1. The van der Waals surface area contributed by atoms with Crippen molar-refractivity contribution in [1.82, 2.24) is 24.6 Å². The Bertz CT molecular complexity index is 661. The summed E-state index contributed by atoms with van der Waals surface area (Å²) in [4.78, 5) is 18.5. The second-order valence-corrected chi connectivity index (χ2v) is 5.42. The van der Waals surface area contributed by atoms with Gasteiger partial charge in [0.25, 0.3) is 0 Å². The molecule has 0 bridgehead atoms. The molecule has 0 spiro atoms. The van der Waals surface area contributed by atoms with Gasteiger partial charge in [-0.2, -0.15) is 0 Å². The highest BCUT2D eigenvalue weighted by Gasteiger charge is 2.40. The number of amides is 1. The average Bonchev–Trinajstić information content (AvgIpc) is 3.23. The molecule has 6 heteroatoms. The molecule has 1 unspecified atom stereocenters. The zero-order valence-electron chi connectivity index (χ0n) is 11.2. The van der Waals surface area contributed by atoms with Crippen LogP contribution >= 0.6 is 0 Å². The van der Waals surface area contributed by atoms with Gasteiger partial charge < -0.3 is 4.90 Å². The van der Waals surface area contributed by atoms with E-state index < -0.39 is 0 Å². The largest absolute Gasteiger partial charge is 0.330 e. The summed E-state index contributed by atoms with van der Waals surface area (Å²) >= 11 is 0. The summed E-state index contributed by atoms with van der Waals surface area (Å²) < 4.78 is 1.94. The molecule has 1 amide bonds. The Morgan fingerprint density at radius 1 is 1.30 bits per heavy atom. The minimum Gasteiger partial charge on any atom is -0.330 e. The maximum Gasteiger partial charge on any atom is 0.246 e. The van der Waals surface area contributed by atoms with Gasteiger partial charge in [-0.25, -0.2) is 0 Å². The molecule has 0 saturated heterocycles. The third-order valence-corrected chi connectivity index (χ3v) is 4.01. The maximum absolute atomic E-state index is 12.5. The van der Waals surface area contributed by atoms with Crippen LogP contribution in [0.5, 0.6) is 0 Å². The van der Waals surface area contributed by atoms with Gasteiger partial charge in [0.2, 0.25) is 5.91 Å². The summed E-state index contributed by atoms with van der Waals surface area (Å²) in [7, 11) is 0. The maximum atomic E-state index is 12.5. The molecule has 2 aromatic heterocycles. The van der Waals surface area contributed by atoms with E-state index >= 15 is 0 Å². The monoisotopic (exact) mass is 269 g/mol. The van der Waals surface area contributed by atoms with E-state index in [1.807, 2.05) is 28.5 Å². The Kier molecular flexibility index (Phi) is 2.39. The van der Waals surface area contributed by atoms with Gasteiger partial charge in [0.15, 0.2) is 11.6 Å². The Morgan fingerprint density at radius 2 is 2.15 bits per heavy atom. The SMILES string of the molecule is CC1C(=O)N(C2CC2)Cc2nnc(-c3cccnc3)n21. The van der Waals surface area contributed by atoms with E-state index in [-0.39, 0.29) is 11.9 Å². The summed E-state index contributed by atoms with van der Waals surface area (Å²) in [6.45, 7) is 2.49. The highest BCUT2D eigenvalue weighted by Crippen LogP contribution is 2.35. The number of hydrogen-bond acceptors (Lipinski definition) is 4. The van der Waals surface area contributed by atoms with Crippen LogP contribution in [0.25, 0.3) is 11.4 Å². The molecule has 102 valence electrons. The molecular formula is C14H15N5O. The minimum absolute atomic E-state index is 0.171. The van der Waals surface area contributed by atoms with Gasteiger partial charge in [-0.15, -0.1) is 10.2 Å². The molecule has 1 saturated carbocycles. The minimum atomic E-state index is -0.246. The van der Waals surface area contributed by atoms with E-state index in [2.05, 4.69) is 15.2 Å². The highest BCUT2D eigenvalue weighted by atomic mass is 16.2. The van der Waals surface area contributed by atoms with Crippen LogP contribution in [0.3, 0.4) is 0 Å². The zero-order valence-corrected chi connectivity index (χ0v) is 11.2. The van der Waals surface area contributed by atoms with Crippen molar-refractivity contribution in [3.8, 4) is 11.4 Å². The first-order valence-corrected chi connectivity index (χ1v) is 6.90. The van der Waals surface area contributed by atoms with Gasteiger partial charge in [0, 0.05) is 24.0 Å². The lowest BCUT2D eigenvalue weighted by molar-refractivity contribution is -0.137. The Hall–Kier alpha value is -2.24. The topological polar surface area (TPSA) is 63.9 Å². The van der Waals surface area contributed by atoms with E-state index in [9.17, 15) is 4.79 Å². The molecule has 2 aliphatic rings. The van der Waals surface area contributed by atoms with Crippen molar-refractivity contribution in [2.24, 2.45) is 0 Å². The smallest absolute Gasteiger partial charge is 0.246 e. The normalized spacial score (nSPS) is 21.9. The molecule has 0 N–H and O–H groups in total. The second kappa shape index (κ2) is 4.13. The predicted octanol–water partition coefficient (Wildman–Crippen LogP) is 1.41. The summed E-state index contributed by atoms with van der Waals surface area (Å²) in [5.74, 6) is 1.76. The molecule has 1 fully saturated rings. The summed E-state index contributed by atoms with van der Waals surface area (Å²) in [5.41, 5.74) is 0.894. The first-order valence-electron chi connectivity index (χ1n) is 6.90. The Balaban J connectivity index is 1.78. The fourth-order valence-electron chi connectivity index (χ4n) is 2.81. The lowest BCUT2D eigenvalue weighted by Gasteiger charge is -2.32. The van der Waals surface area contributed by atoms with Crippen molar-refractivity contribution in [3.63, 3.8) is 0 Å². The molecule has 2 aromatic rings. The van der Waals surface area contributed by atoms with E-state index in [0.717, 1.165) is 30.1 Å². The Labute approximate surface area is 116 Å². The number of carbonyl (C=O) groups excluding carboxylic acids is 1. The first-order chi connectivity index (χ1) is 9.75. The van der Waals surface area contributed by atoms with Crippen molar-refractivity contribution >= 4 is 5.91 Å². The summed E-state index contributed by atoms with van der Waals surface area (Å²) in [6.07, 6.45) is 5.70. The van der Waals surface area contributed by atoms with E-state index in [1.54, 1.807) is 12.4 Å². The summed E-state index contributed by atoms with van der Waals surface area (Å²) in [6, 6.07) is 3.97. The van der Waals surface area contributed by atoms with Crippen molar-refractivity contribution < 1.29 is 4.79 Å². The number of nitrogens with zero attached hydrogens (tertiary/aromatic N) is 5. The Morgan fingerprint density at radius 3 is 2.85 bits per heavy atom. The number of fused-ring (bicyclic) bond motifs is 1. The van der Waals surface area contributed by atoms with Crippen LogP contribution in [0.15, 0.2) is 24.5 Å². The average molecular weight is 269 g/mol. The molecule has 0 radical (unpaired) electrons. The second-order valence-electron chi connectivity index (χ2n) is 5.42. The molecule has 1 aliphatic carbocycles. The molecule has 20 heavy (non-hydrogen) atoms. The molecule has 0 aromatic carbocycles. The van der Waals surface area contributed by atoms with Crippen molar-refractivity contribution in [2.45, 2.75) is 38.4 Å². The third-order valence-electron chi connectivity index (χ3n) is 4.01. The van der Waals surface area contributed by atoms with Gasteiger partial charge in [-0.05, 0) is 31.9 Å². The predicted molar refractivity (Wildman–Crippen MR) is 71.5 cm³/mol. The van der Waals surface area contributed by atoms with Crippen molar-refractivity contribution in [3.05, 3.63) is 30.4 Å². The number of aromatic nitrogens is 4. The van der Waals surface area contributed by atoms with Crippen LogP contribution in [-0.2, 0) is 11.3 Å². The molecule has 1 atom stereocenters. The standard InChI is InChI=1S/C14H15N5O/c1-9-14(20)18(11-4-5-11)8-12-16-17-13(19(9)12)10-3-2-6-15-7-10/h2-3,6-7,9,11H,4-5,8H2,1H3. The highest BCUT2D eigenvalue weighted by molar-refractivity contribution is 5.82. The molecule has 4 rings (SSSR count). The molecule has 3 heterocycles. The number of hydrogen-bond donors (Lipinski definition) is 0. The van der Waals surface area contributed by atoms with Crippen LogP contribution in [0.1, 0.15) is 31.6 Å². The van der Waals surface area contributed by atoms with Gasteiger partial charge in [0.05, 0.1) is 6.54 Å². The van der Waals surface area contributed by atoms with E-state index in [1.165, 1.54) is 0 Å². The van der Waals surface area contributed by atoms with E-state index in [4.69, 9.17) is 0 Å². The van der Waals surface area contributed by atoms with Gasteiger partial charge >= 0.3 is 0 Å². The van der Waals surface area contributed by atoms with Crippen molar-refractivity contribution in [1.29, 1.82) is 0 Å². The third kappa shape index (κ3) is 1.64. The molecular weight excluding hydrogens is 254 g/mol. The molecule has 1 aliphatic heterocycles.